The van der Waals surface area contributed by atoms with Gasteiger partial charge in [0.2, 0.25) is 5.91 Å². The number of fused-ring (bicyclic) bond motifs is 1. The Morgan fingerprint density at radius 2 is 1.37 bits per heavy atom. The van der Waals surface area contributed by atoms with E-state index in [-0.39, 0.29) is 11.7 Å². The Bertz CT molecular complexity index is 1250. The van der Waals surface area contributed by atoms with Crippen LogP contribution in [0.2, 0.25) is 0 Å². The van der Waals surface area contributed by atoms with Crippen LogP contribution in [0.15, 0.2) is 41.5 Å². The summed E-state index contributed by atoms with van der Waals surface area (Å²) < 4.78 is 63.5. The van der Waals surface area contributed by atoms with Crippen LogP contribution in [0, 0.1) is 0 Å². The molecular weight excluding hydrogens is 566 g/mol. The number of hydrogen-bond donors (Lipinski definition) is 5. The molecule has 3 rings (SSSR count). The van der Waals surface area contributed by atoms with Crippen LogP contribution in [-0.4, -0.2) is 64.0 Å². The van der Waals surface area contributed by atoms with Crippen LogP contribution < -0.4 is 16.9 Å². The Kier molecular flexibility index (Phi) is 12.3. The van der Waals surface area contributed by atoms with E-state index in [0.717, 1.165) is 35.6 Å². The molecule has 0 aromatic heterocycles. The van der Waals surface area contributed by atoms with Crippen molar-refractivity contribution in [3.63, 3.8) is 0 Å². The number of Topliss-reactive ketones (excluding diaryl/α,β-unsaturated/α-hetero) is 1. The number of carboxylic acid groups (broad SMARTS) is 2. The first kappa shape index (κ1) is 34.8. The van der Waals surface area contributed by atoms with Crippen LogP contribution in [-0.2, 0) is 14.4 Å². The molecule has 0 bridgehead atoms. The summed E-state index contributed by atoms with van der Waals surface area (Å²) in [7, 11) is 0. The van der Waals surface area contributed by atoms with E-state index in [1.165, 1.54) is 0 Å². The first-order valence-corrected chi connectivity index (χ1v) is 11.8. The van der Waals surface area contributed by atoms with Gasteiger partial charge in [-0.25, -0.2) is 9.59 Å². The smallest absolute Gasteiger partial charge is 0.475 e. The van der Waals surface area contributed by atoms with Crippen molar-refractivity contribution < 1.29 is 55.7 Å². The van der Waals surface area contributed by atoms with E-state index in [4.69, 9.17) is 31.4 Å². The normalized spacial score (nSPS) is 15.5. The van der Waals surface area contributed by atoms with Gasteiger partial charge in [0, 0.05) is 5.56 Å². The molecule has 7 N–H and O–H groups in total. The maximum absolute atomic E-state index is 13.4. The van der Waals surface area contributed by atoms with E-state index >= 15 is 0 Å². The highest BCUT2D eigenvalue weighted by molar-refractivity contribution is 6.07. The topological polar surface area (TPSA) is 185 Å². The largest absolute Gasteiger partial charge is 0.490 e. The van der Waals surface area contributed by atoms with Crippen molar-refractivity contribution in [1.29, 1.82) is 0 Å². The Morgan fingerprint density at radius 3 is 1.80 bits per heavy atom. The summed E-state index contributed by atoms with van der Waals surface area (Å²) in [5.74, 6) is -0.623. The summed E-state index contributed by atoms with van der Waals surface area (Å²) in [5.41, 5.74) is 6.37. The molecule has 10 nitrogen and oxygen atoms in total. The summed E-state index contributed by atoms with van der Waals surface area (Å²) in [6.45, 7) is 1.63. The second-order valence-corrected chi connectivity index (χ2v) is 8.96. The van der Waals surface area contributed by atoms with Gasteiger partial charge in [0.25, 0.3) is 0 Å². The van der Waals surface area contributed by atoms with Crippen LogP contribution in [0.4, 0.5) is 26.3 Å². The molecule has 0 radical (unpaired) electrons. The summed E-state index contributed by atoms with van der Waals surface area (Å²) >= 11 is 0. The zero-order chi connectivity index (χ0) is 31.6. The van der Waals surface area contributed by atoms with Crippen molar-refractivity contribution in [2.24, 2.45) is 16.7 Å². The van der Waals surface area contributed by atoms with Crippen molar-refractivity contribution in [3.05, 3.63) is 47.5 Å². The fraction of sp³-hybridized carbons (Fsp3) is 0.400. The molecule has 1 aliphatic carbocycles. The van der Waals surface area contributed by atoms with Crippen LogP contribution in [0.1, 0.15) is 54.9 Å². The van der Waals surface area contributed by atoms with Crippen molar-refractivity contribution in [2.45, 2.75) is 63.0 Å². The number of hydrazone groups is 1. The van der Waals surface area contributed by atoms with Gasteiger partial charge in [-0.3, -0.25) is 9.59 Å². The summed E-state index contributed by atoms with van der Waals surface area (Å²) in [4.78, 5) is 43.4. The standard InChI is InChI=1S/C21H26N4O2.2C2HF3O2/c1-14(22)20(27)25-21(9-3-2-4-10-21)19(26)18-8-7-16-11-15(13-24-23)5-6-17(16)12-18;2*3-2(4,5)1(6)7/h5-8,11-14H,2-4,9-10,22-23H2,1H3,(H,25,27);2*(H,6,7)/t14-;;/m0../s1. The van der Waals surface area contributed by atoms with Crippen LogP contribution in [0.3, 0.4) is 0 Å². The zero-order valence-corrected chi connectivity index (χ0v) is 21.6. The number of nitrogens with zero attached hydrogens (tertiary/aromatic N) is 1. The number of nitrogens with two attached hydrogens (primary N) is 2. The number of halogens is 6. The van der Waals surface area contributed by atoms with E-state index < -0.39 is 35.9 Å². The predicted octanol–water partition coefficient (Wildman–Crippen LogP) is 3.75. The Labute approximate surface area is 229 Å². The molecule has 1 saturated carbocycles. The molecular formula is C25H28F6N4O6. The number of ketones is 1. The van der Waals surface area contributed by atoms with Gasteiger partial charge in [-0.05, 0) is 48.2 Å². The number of amides is 1. The SMILES string of the molecule is C[C@H](N)C(=O)NC1(C(=O)c2ccc3cc(C=NN)ccc3c2)CCCCC1.O=C(O)C(F)(F)F.O=C(O)C(F)(F)F. The number of carbonyl (C=O) groups is 4. The Balaban J connectivity index is 0.000000497. The third kappa shape index (κ3) is 10.7. The number of carboxylic acids is 2. The second-order valence-electron chi connectivity index (χ2n) is 8.96. The second kappa shape index (κ2) is 14.4. The molecule has 0 unspecified atom stereocenters. The average molecular weight is 595 g/mol. The highest BCUT2D eigenvalue weighted by atomic mass is 19.4. The minimum Gasteiger partial charge on any atom is -0.475 e. The molecule has 1 amide bonds. The van der Waals surface area contributed by atoms with Gasteiger partial charge in [-0.15, -0.1) is 0 Å². The lowest BCUT2D eigenvalue weighted by Crippen LogP contribution is -2.58. The van der Waals surface area contributed by atoms with Crippen molar-refractivity contribution in [2.75, 3.05) is 0 Å². The molecule has 1 fully saturated rings. The first-order valence-electron chi connectivity index (χ1n) is 11.8. The fourth-order valence-electron chi connectivity index (χ4n) is 3.76. The summed E-state index contributed by atoms with van der Waals surface area (Å²) in [5, 5.41) is 22.7. The van der Waals surface area contributed by atoms with Gasteiger partial charge in [-0.1, -0.05) is 43.5 Å². The van der Waals surface area contributed by atoms with Crippen molar-refractivity contribution in [3.8, 4) is 0 Å². The quantitative estimate of drug-likeness (QED) is 0.114. The Hall–Kier alpha value is -4.21. The monoisotopic (exact) mass is 594 g/mol. The highest BCUT2D eigenvalue weighted by Gasteiger charge is 2.42. The average Bonchev–Trinajstić information content (AvgIpc) is 2.88. The number of alkyl halides is 6. The molecule has 41 heavy (non-hydrogen) atoms. The number of nitrogens with one attached hydrogen (secondary N) is 1. The first-order chi connectivity index (χ1) is 18.8. The van der Waals surface area contributed by atoms with Gasteiger partial charge in [0.15, 0.2) is 5.78 Å². The number of benzene rings is 2. The van der Waals surface area contributed by atoms with Crippen molar-refractivity contribution in [1.82, 2.24) is 5.32 Å². The molecule has 2 aromatic carbocycles. The number of carbonyl (C=O) groups excluding carboxylic acids is 2. The minimum absolute atomic E-state index is 0.0364. The molecule has 1 atom stereocenters. The third-order valence-corrected chi connectivity index (χ3v) is 5.75. The Morgan fingerprint density at radius 1 is 0.902 bits per heavy atom. The van der Waals surface area contributed by atoms with Crippen LogP contribution in [0.5, 0.6) is 0 Å². The zero-order valence-electron chi connectivity index (χ0n) is 21.6. The number of aliphatic carboxylic acids is 2. The molecule has 0 aliphatic heterocycles. The van der Waals surface area contributed by atoms with Gasteiger partial charge < -0.3 is 27.1 Å². The van der Waals surface area contributed by atoms with E-state index in [0.29, 0.717) is 18.4 Å². The van der Waals surface area contributed by atoms with Crippen LogP contribution >= 0.6 is 0 Å². The maximum Gasteiger partial charge on any atom is 0.490 e. The molecule has 2 aromatic rings. The van der Waals surface area contributed by atoms with E-state index in [2.05, 4.69) is 10.4 Å². The molecule has 0 spiro atoms. The lowest BCUT2D eigenvalue weighted by Gasteiger charge is -2.37. The molecule has 0 heterocycles. The van der Waals surface area contributed by atoms with Gasteiger partial charge in [0.05, 0.1) is 12.3 Å². The fourth-order valence-corrected chi connectivity index (χ4v) is 3.76. The third-order valence-electron chi connectivity index (χ3n) is 5.75. The predicted molar refractivity (Wildman–Crippen MR) is 135 cm³/mol. The number of hydrogen-bond acceptors (Lipinski definition) is 7. The summed E-state index contributed by atoms with van der Waals surface area (Å²) in [6, 6.07) is 10.8. The summed E-state index contributed by atoms with van der Waals surface area (Å²) in [6.07, 6.45) is -4.38. The lowest BCUT2D eigenvalue weighted by molar-refractivity contribution is -0.193. The highest BCUT2D eigenvalue weighted by Crippen LogP contribution is 2.32. The van der Waals surface area contributed by atoms with Crippen LogP contribution in [0.25, 0.3) is 10.8 Å². The lowest BCUT2D eigenvalue weighted by atomic mass is 9.76. The molecule has 226 valence electrons. The van der Waals surface area contributed by atoms with Gasteiger partial charge >= 0.3 is 24.3 Å². The van der Waals surface area contributed by atoms with Crippen molar-refractivity contribution >= 4 is 40.6 Å². The van der Waals surface area contributed by atoms with E-state index in [1.54, 1.807) is 13.1 Å². The minimum atomic E-state index is -5.08. The van der Waals surface area contributed by atoms with Gasteiger partial charge in [0.1, 0.15) is 5.54 Å². The number of rotatable bonds is 5. The van der Waals surface area contributed by atoms with Gasteiger partial charge in [-0.2, -0.15) is 31.4 Å². The molecule has 0 saturated heterocycles. The van der Waals surface area contributed by atoms with E-state index in [9.17, 15) is 35.9 Å². The maximum atomic E-state index is 13.4. The molecule has 1 aliphatic rings. The molecule has 16 heteroatoms. The van der Waals surface area contributed by atoms with E-state index in [1.807, 2.05) is 36.4 Å².